The minimum absolute atomic E-state index is 0.257. The third kappa shape index (κ3) is 3.49. The zero-order chi connectivity index (χ0) is 13.1. The lowest BCUT2D eigenvalue weighted by atomic mass is 9.77. The van der Waals surface area contributed by atoms with Gasteiger partial charge in [0.25, 0.3) is 0 Å². The van der Waals surface area contributed by atoms with E-state index in [9.17, 15) is 0 Å². The monoisotopic (exact) mass is 265 g/mol. The van der Waals surface area contributed by atoms with E-state index < -0.39 is 0 Å². The fraction of sp³-hybridized carbons (Fsp3) is 0.625. The van der Waals surface area contributed by atoms with Crippen molar-refractivity contribution in [3.8, 4) is 0 Å². The molecule has 0 aromatic heterocycles. The highest BCUT2D eigenvalue weighted by Crippen LogP contribution is 2.32. The van der Waals surface area contributed by atoms with Gasteiger partial charge in [-0.25, -0.2) is 0 Å². The van der Waals surface area contributed by atoms with E-state index >= 15 is 0 Å². The van der Waals surface area contributed by atoms with Crippen LogP contribution in [0.3, 0.4) is 0 Å². The molecule has 2 N–H and O–H groups in total. The second-order valence-corrected chi connectivity index (χ2v) is 6.40. The Morgan fingerprint density at radius 1 is 1.39 bits per heavy atom. The fourth-order valence-electron chi connectivity index (χ4n) is 3.11. The van der Waals surface area contributed by atoms with Crippen molar-refractivity contribution in [1.29, 1.82) is 0 Å². The molecule has 2 heteroatoms. The first-order chi connectivity index (χ1) is 8.56. The second kappa shape index (κ2) is 6.08. The van der Waals surface area contributed by atoms with E-state index in [1.807, 2.05) is 6.07 Å². The molecule has 1 nitrogen and oxygen atoms in total. The van der Waals surface area contributed by atoms with Gasteiger partial charge in [-0.05, 0) is 55.2 Å². The number of rotatable bonds is 3. The highest BCUT2D eigenvalue weighted by Gasteiger charge is 2.24. The summed E-state index contributed by atoms with van der Waals surface area (Å²) in [5, 5.41) is 0.870. The first kappa shape index (κ1) is 13.9. The molecular formula is C16H24ClN. The smallest absolute Gasteiger partial charge is 0.0441 e. The molecule has 1 aromatic carbocycles. The lowest BCUT2D eigenvalue weighted by Crippen LogP contribution is -2.35. The van der Waals surface area contributed by atoms with Gasteiger partial charge >= 0.3 is 0 Å². The van der Waals surface area contributed by atoms with E-state index in [0.717, 1.165) is 17.4 Å². The summed E-state index contributed by atoms with van der Waals surface area (Å²) < 4.78 is 0. The zero-order valence-corrected chi connectivity index (χ0v) is 12.2. The standard InChI is InChI=1S/C16H24ClN/c1-11-4-3-5-14(8-11)16(18)10-13-7-6-12(2)9-15(13)17/h6-7,9,11,14,16H,3-5,8,10,18H2,1-2H3. The summed E-state index contributed by atoms with van der Waals surface area (Å²) in [6.07, 6.45) is 6.19. The maximum atomic E-state index is 6.39. The minimum Gasteiger partial charge on any atom is -0.327 e. The van der Waals surface area contributed by atoms with Gasteiger partial charge in [-0.3, -0.25) is 0 Å². The SMILES string of the molecule is Cc1ccc(CC(N)C2CCCC(C)C2)c(Cl)c1. The van der Waals surface area contributed by atoms with Crippen LogP contribution in [-0.4, -0.2) is 6.04 Å². The number of hydrogen-bond acceptors (Lipinski definition) is 1. The van der Waals surface area contributed by atoms with Crippen molar-refractivity contribution in [3.63, 3.8) is 0 Å². The molecule has 0 heterocycles. The average Bonchev–Trinajstić information content (AvgIpc) is 2.32. The van der Waals surface area contributed by atoms with E-state index in [2.05, 4.69) is 26.0 Å². The first-order valence-electron chi connectivity index (χ1n) is 7.07. The van der Waals surface area contributed by atoms with Crippen LogP contribution >= 0.6 is 11.6 Å². The summed E-state index contributed by atoms with van der Waals surface area (Å²) >= 11 is 6.29. The maximum Gasteiger partial charge on any atom is 0.0441 e. The molecule has 100 valence electrons. The largest absolute Gasteiger partial charge is 0.327 e. The number of benzene rings is 1. The summed E-state index contributed by atoms with van der Waals surface area (Å²) in [4.78, 5) is 0. The Hall–Kier alpha value is -0.530. The number of aryl methyl sites for hydroxylation is 1. The third-order valence-electron chi connectivity index (χ3n) is 4.25. The van der Waals surface area contributed by atoms with Gasteiger partial charge in [0.1, 0.15) is 0 Å². The van der Waals surface area contributed by atoms with E-state index in [0.29, 0.717) is 5.92 Å². The highest BCUT2D eigenvalue weighted by molar-refractivity contribution is 6.31. The first-order valence-corrected chi connectivity index (χ1v) is 7.44. The van der Waals surface area contributed by atoms with Crippen LogP contribution in [0, 0.1) is 18.8 Å². The lowest BCUT2D eigenvalue weighted by Gasteiger charge is -2.31. The average molecular weight is 266 g/mol. The predicted octanol–water partition coefficient (Wildman–Crippen LogP) is 4.34. The molecule has 0 saturated heterocycles. The van der Waals surface area contributed by atoms with Gasteiger partial charge in [0.2, 0.25) is 0 Å². The molecule has 1 fully saturated rings. The molecule has 0 bridgehead atoms. The van der Waals surface area contributed by atoms with Gasteiger partial charge in [0.05, 0.1) is 0 Å². The Bertz CT molecular complexity index is 402. The van der Waals surface area contributed by atoms with E-state index in [1.165, 1.54) is 36.8 Å². The molecule has 1 aliphatic carbocycles. The molecule has 1 aliphatic rings. The zero-order valence-electron chi connectivity index (χ0n) is 11.5. The van der Waals surface area contributed by atoms with Gasteiger partial charge < -0.3 is 5.73 Å². The van der Waals surface area contributed by atoms with Crippen LogP contribution in [0.5, 0.6) is 0 Å². The Kier molecular flexibility index (Phi) is 4.69. The minimum atomic E-state index is 0.257. The quantitative estimate of drug-likeness (QED) is 0.864. The van der Waals surface area contributed by atoms with Crippen LogP contribution in [0.4, 0.5) is 0 Å². The van der Waals surface area contributed by atoms with Crippen molar-refractivity contribution in [2.24, 2.45) is 17.6 Å². The molecule has 0 aliphatic heterocycles. The fourth-order valence-corrected chi connectivity index (χ4v) is 3.42. The van der Waals surface area contributed by atoms with Gasteiger partial charge in [-0.2, -0.15) is 0 Å². The number of halogens is 1. The van der Waals surface area contributed by atoms with Crippen LogP contribution < -0.4 is 5.73 Å². The molecule has 3 atom stereocenters. The predicted molar refractivity (Wildman–Crippen MR) is 79.0 cm³/mol. The summed E-state index contributed by atoms with van der Waals surface area (Å²) in [7, 11) is 0. The topological polar surface area (TPSA) is 26.0 Å². The highest BCUT2D eigenvalue weighted by atomic mass is 35.5. The number of nitrogens with two attached hydrogens (primary N) is 1. The van der Waals surface area contributed by atoms with Crippen molar-refractivity contribution < 1.29 is 0 Å². The third-order valence-corrected chi connectivity index (χ3v) is 4.60. The summed E-state index contributed by atoms with van der Waals surface area (Å²) in [6, 6.07) is 6.54. The van der Waals surface area contributed by atoms with Crippen molar-refractivity contribution in [2.75, 3.05) is 0 Å². The van der Waals surface area contributed by atoms with Crippen molar-refractivity contribution >= 4 is 11.6 Å². The molecule has 0 spiro atoms. The van der Waals surface area contributed by atoms with Crippen molar-refractivity contribution in [2.45, 2.75) is 52.0 Å². The van der Waals surface area contributed by atoms with Gasteiger partial charge in [-0.15, -0.1) is 0 Å². The van der Waals surface area contributed by atoms with Crippen molar-refractivity contribution in [1.82, 2.24) is 0 Å². The summed E-state index contributed by atoms with van der Waals surface area (Å²) in [5.74, 6) is 1.51. The van der Waals surface area contributed by atoms with Crippen LogP contribution in [0.2, 0.25) is 5.02 Å². The number of hydrogen-bond donors (Lipinski definition) is 1. The van der Waals surface area contributed by atoms with E-state index in [1.54, 1.807) is 0 Å². The molecule has 0 radical (unpaired) electrons. The summed E-state index contributed by atoms with van der Waals surface area (Å²) in [6.45, 7) is 4.41. The normalized spacial score (nSPS) is 26.0. The molecule has 3 unspecified atom stereocenters. The van der Waals surface area contributed by atoms with Crippen molar-refractivity contribution in [3.05, 3.63) is 34.3 Å². The molecular weight excluding hydrogens is 242 g/mol. The van der Waals surface area contributed by atoms with Crippen LogP contribution in [0.25, 0.3) is 0 Å². The Morgan fingerprint density at radius 2 is 2.17 bits per heavy atom. The van der Waals surface area contributed by atoms with Gasteiger partial charge in [0.15, 0.2) is 0 Å². The second-order valence-electron chi connectivity index (χ2n) is 5.99. The van der Waals surface area contributed by atoms with Crippen LogP contribution in [0.1, 0.15) is 43.7 Å². The lowest BCUT2D eigenvalue weighted by molar-refractivity contribution is 0.245. The van der Waals surface area contributed by atoms with Crippen LogP contribution in [-0.2, 0) is 6.42 Å². The van der Waals surface area contributed by atoms with Gasteiger partial charge in [-0.1, -0.05) is 43.5 Å². The molecule has 0 amide bonds. The summed E-state index contributed by atoms with van der Waals surface area (Å²) in [5.41, 5.74) is 8.80. The maximum absolute atomic E-state index is 6.39. The molecule has 1 aromatic rings. The Morgan fingerprint density at radius 3 is 2.83 bits per heavy atom. The molecule has 1 saturated carbocycles. The molecule has 18 heavy (non-hydrogen) atoms. The Labute approximate surface area is 116 Å². The Balaban J connectivity index is 1.99. The molecule has 2 rings (SSSR count). The van der Waals surface area contributed by atoms with Gasteiger partial charge in [0, 0.05) is 11.1 Å². The van der Waals surface area contributed by atoms with E-state index in [-0.39, 0.29) is 6.04 Å². The van der Waals surface area contributed by atoms with Crippen LogP contribution in [0.15, 0.2) is 18.2 Å². The van der Waals surface area contributed by atoms with E-state index in [4.69, 9.17) is 17.3 Å².